The number of rotatable bonds is 7. The van der Waals surface area contributed by atoms with E-state index in [1.165, 1.54) is 0 Å². The van der Waals surface area contributed by atoms with Gasteiger partial charge in [-0.15, -0.1) is 0 Å². The van der Waals surface area contributed by atoms with Gasteiger partial charge in [0, 0.05) is 56.7 Å². The normalized spacial score (nSPS) is 22.2. The van der Waals surface area contributed by atoms with Crippen LogP contribution >= 0.6 is 0 Å². The first-order valence-corrected chi connectivity index (χ1v) is 11.2. The topological polar surface area (TPSA) is 96.4 Å². The van der Waals surface area contributed by atoms with Gasteiger partial charge in [-0.1, -0.05) is 0 Å². The molecule has 32 heavy (non-hydrogen) atoms. The number of carbonyl (C=O) groups excluding carboxylic acids is 2. The van der Waals surface area contributed by atoms with E-state index in [0.717, 1.165) is 48.4 Å². The van der Waals surface area contributed by atoms with E-state index < -0.39 is 0 Å². The first-order valence-electron chi connectivity index (χ1n) is 11.2. The Morgan fingerprint density at radius 2 is 1.91 bits per heavy atom. The number of ketones is 1. The number of methoxy groups -OCH3 is 1. The highest BCUT2D eigenvalue weighted by atomic mass is 16.5. The van der Waals surface area contributed by atoms with Crippen LogP contribution in [0.25, 0.3) is 0 Å². The molecule has 2 aliphatic carbocycles. The standard InChI is InChI=1S/C24H31N5O3/c1-29(2)22-10-11-25-24(28-22)27-17-6-4-16(5-7-17)26-23(31)13-15-12-21(30)19-9-8-18(32-3)14-20(15)19/h8-11,14-17H,4-7,12-13H2,1-3H3,(H,26,31)(H,25,27,28). The van der Waals surface area contributed by atoms with Crippen molar-refractivity contribution < 1.29 is 14.3 Å². The maximum absolute atomic E-state index is 12.7. The summed E-state index contributed by atoms with van der Waals surface area (Å²) in [5.74, 6) is 2.27. The van der Waals surface area contributed by atoms with E-state index in [-0.39, 0.29) is 23.7 Å². The second kappa shape index (κ2) is 9.54. The zero-order valence-electron chi connectivity index (χ0n) is 18.9. The fourth-order valence-corrected chi connectivity index (χ4v) is 4.63. The molecule has 8 heteroatoms. The minimum atomic E-state index is -0.0771. The Balaban J connectivity index is 1.27. The van der Waals surface area contributed by atoms with E-state index in [0.29, 0.717) is 24.8 Å². The molecule has 0 saturated heterocycles. The molecular formula is C24H31N5O3. The molecule has 8 nitrogen and oxygen atoms in total. The second-order valence-electron chi connectivity index (χ2n) is 8.87. The van der Waals surface area contributed by atoms with Crippen LogP contribution in [0.3, 0.4) is 0 Å². The zero-order chi connectivity index (χ0) is 22.7. The molecule has 0 bridgehead atoms. The number of fused-ring (bicyclic) bond motifs is 1. The molecular weight excluding hydrogens is 406 g/mol. The Kier molecular flexibility index (Phi) is 6.58. The molecule has 170 valence electrons. The number of amides is 1. The van der Waals surface area contributed by atoms with Gasteiger partial charge in [-0.25, -0.2) is 4.98 Å². The largest absolute Gasteiger partial charge is 0.497 e. The summed E-state index contributed by atoms with van der Waals surface area (Å²) in [4.78, 5) is 35.8. The fourth-order valence-electron chi connectivity index (χ4n) is 4.63. The van der Waals surface area contributed by atoms with Crippen LogP contribution in [0.4, 0.5) is 11.8 Å². The van der Waals surface area contributed by atoms with Crippen molar-refractivity contribution in [2.45, 2.75) is 56.5 Å². The summed E-state index contributed by atoms with van der Waals surface area (Å²) in [6.45, 7) is 0. The Morgan fingerprint density at radius 3 is 2.62 bits per heavy atom. The monoisotopic (exact) mass is 437 g/mol. The fraction of sp³-hybridized carbons (Fsp3) is 0.500. The lowest BCUT2D eigenvalue weighted by molar-refractivity contribution is -0.122. The van der Waals surface area contributed by atoms with Gasteiger partial charge in [-0.05, 0) is 55.5 Å². The molecule has 0 spiro atoms. The number of benzene rings is 1. The van der Waals surface area contributed by atoms with Crippen LogP contribution in [0.15, 0.2) is 30.5 Å². The van der Waals surface area contributed by atoms with Gasteiger partial charge in [0.2, 0.25) is 11.9 Å². The number of carbonyl (C=O) groups is 2. The SMILES string of the molecule is COc1ccc2c(c1)C(CC(=O)NC1CCC(Nc3nccc(N(C)C)n3)CC1)CC2=O. The Labute approximate surface area is 188 Å². The van der Waals surface area contributed by atoms with Crippen LogP contribution in [0, 0.1) is 0 Å². The molecule has 0 aliphatic heterocycles. The number of hydrogen-bond acceptors (Lipinski definition) is 7. The van der Waals surface area contributed by atoms with Gasteiger partial charge >= 0.3 is 0 Å². The lowest BCUT2D eigenvalue weighted by Gasteiger charge is -2.30. The summed E-state index contributed by atoms with van der Waals surface area (Å²) in [6.07, 6.45) is 6.19. The van der Waals surface area contributed by atoms with E-state index in [1.54, 1.807) is 25.4 Å². The summed E-state index contributed by atoms with van der Waals surface area (Å²) in [6, 6.07) is 7.84. The number of hydrogen-bond donors (Lipinski definition) is 2. The first-order chi connectivity index (χ1) is 15.4. The van der Waals surface area contributed by atoms with Gasteiger partial charge in [0.25, 0.3) is 0 Å². The van der Waals surface area contributed by atoms with Crippen molar-refractivity contribution in [3.63, 3.8) is 0 Å². The molecule has 1 amide bonds. The Bertz CT molecular complexity index is 985. The van der Waals surface area contributed by atoms with Gasteiger partial charge in [-0.2, -0.15) is 4.98 Å². The minimum absolute atomic E-state index is 0.0110. The minimum Gasteiger partial charge on any atom is -0.497 e. The second-order valence-corrected chi connectivity index (χ2v) is 8.87. The van der Waals surface area contributed by atoms with Gasteiger partial charge in [0.15, 0.2) is 5.78 Å². The van der Waals surface area contributed by atoms with Crippen molar-refractivity contribution >= 4 is 23.5 Å². The summed E-state index contributed by atoms with van der Waals surface area (Å²) >= 11 is 0. The highest BCUT2D eigenvalue weighted by Crippen LogP contribution is 2.37. The lowest BCUT2D eigenvalue weighted by atomic mass is 9.90. The molecule has 2 N–H and O–H groups in total. The maximum Gasteiger partial charge on any atom is 0.224 e. The summed E-state index contributed by atoms with van der Waals surface area (Å²) in [5, 5.41) is 6.61. The summed E-state index contributed by atoms with van der Waals surface area (Å²) < 4.78 is 5.29. The van der Waals surface area contributed by atoms with E-state index >= 15 is 0 Å². The number of nitrogens with one attached hydrogen (secondary N) is 2. The molecule has 1 fully saturated rings. The molecule has 2 aliphatic rings. The summed E-state index contributed by atoms with van der Waals surface area (Å²) in [5.41, 5.74) is 1.65. The number of ether oxygens (including phenoxy) is 1. The Morgan fingerprint density at radius 1 is 1.16 bits per heavy atom. The maximum atomic E-state index is 12.7. The van der Waals surface area contributed by atoms with Crippen LogP contribution < -0.4 is 20.3 Å². The third-order valence-corrected chi connectivity index (χ3v) is 6.39. The molecule has 1 atom stereocenters. The van der Waals surface area contributed by atoms with Crippen LogP contribution in [0.1, 0.15) is 60.4 Å². The Hall–Kier alpha value is -3.16. The van der Waals surface area contributed by atoms with Gasteiger partial charge in [-0.3, -0.25) is 9.59 Å². The van der Waals surface area contributed by atoms with Crippen LogP contribution in [0.5, 0.6) is 5.75 Å². The van der Waals surface area contributed by atoms with Crippen molar-refractivity contribution in [1.29, 1.82) is 0 Å². The smallest absolute Gasteiger partial charge is 0.224 e. The molecule has 1 saturated carbocycles. The first kappa shape index (κ1) is 22.0. The third kappa shape index (κ3) is 5.00. The van der Waals surface area contributed by atoms with Crippen molar-refractivity contribution in [2.75, 3.05) is 31.4 Å². The van der Waals surface area contributed by atoms with E-state index in [4.69, 9.17) is 4.74 Å². The molecule has 1 unspecified atom stereocenters. The predicted molar refractivity (Wildman–Crippen MR) is 123 cm³/mol. The number of anilines is 2. The van der Waals surface area contributed by atoms with Crippen LogP contribution in [0.2, 0.25) is 0 Å². The van der Waals surface area contributed by atoms with E-state index in [2.05, 4.69) is 20.6 Å². The molecule has 2 aromatic rings. The number of Topliss-reactive ketones (excluding diaryl/α,β-unsaturated/α-hetero) is 1. The molecule has 4 rings (SSSR count). The molecule has 1 heterocycles. The molecule has 0 radical (unpaired) electrons. The van der Waals surface area contributed by atoms with Crippen molar-refractivity contribution in [1.82, 2.24) is 15.3 Å². The highest BCUT2D eigenvalue weighted by Gasteiger charge is 2.32. The molecule has 1 aromatic heterocycles. The number of nitrogens with zero attached hydrogens (tertiary/aromatic N) is 3. The van der Waals surface area contributed by atoms with Crippen molar-refractivity contribution in [3.05, 3.63) is 41.6 Å². The van der Waals surface area contributed by atoms with Gasteiger partial charge < -0.3 is 20.3 Å². The van der Waals surface area contributed by atoms with Crippen molar-refractivity contribution in [2.24, 2.45) is 0 Å². The average Bonchev–Trinajstić information content (AvgIpc) is 3.09. The van der Waals surface area contributed by atoms with Gasteiger partial charge in [0.05, 0.1) is 7.11 Å². The van der Waals surface area contributed by atoms with Crippen LogP contribution in [-0.2, 0) is 4.79 Å². The predicted octanol–water partition coefficient (Wildman–Crippen LogP) is 3.15. The third-order valence-electron chi connectivity index (χ3n) is 6.39. The van der Waals surface area contributed by atoms with E-state index in [9.17, 15) is 9.59 Å². The van der Waals surface area contributed by atoms with Gasteiger partial charge in [0.1, 0.15) is 11.6 Å². The van der Waals surface area contributed by atoms with E-state index in [1.807, 2.05) is 31.1 Å². The van der Waals surface area contributed by atoms with Crippen LogP contribution in [-0.4, -0.2) is 54.9 Å². The summed E-state index contributed by atoms with van der Waals surface area (Å²) in [7, 11) is 5.52. The highest BCUT2D eigenvalue weighted by molar-refractivity contribution is 6.02. The zero-order valence-corrected chi connectivity index (χ0v) is 18.9. The lowest BCUT2D eigenvalue weighted by Crippen LogP contribution is -2.40. The average molecular weight is 438 g/mol. The number of aromatic nitrogens is 2. The van der Waals surface area contributed by atoms with Crippen molar-refractivity contribution in [3.8, 4) is 5.75 Å². The quantitative estimate of drug-likeness (QED) is 0.687. The molecule has 1 aromatic carbocycles.